The number of ether oxygens (including phenoxy) is 1. The number of thiazole rings is 1. The van der Waals surface area contributed by atoms with Crippen molar-refractivity contribution in [1.82, 2.24) is 4.57 Å². The summed E-state index contributed by atoms with van der Waals surface area (Å²) in [5.74, 6) is -0.799. The van der Waals surface area contributed by atoms with Gasteiger partial charge in [-0.05, 0) is 48.9 Å². The topological polar surface area (TPSA) is 60.7 Å². The first kappa shape index (κ1) is 18.4. The fraction of sp³-hybridized carbons (Fsp3) is 0.211. The number of fused-ring (bicyclic) bond motifs is 1. The number of rotatable bonds is 4. The van der Waals surface area contributed by atoms with Crippen molar-refractivity contribution in [2.75, 3.05) is 7.11 Å². The minimum absolute atomic E-state index is 0.357. The molecule has 0 N–H and O–H groups in total. The summed E-state index contributed by atoms with van der Waals surface area (Å²) in [6, 6.07) is 11.9. The third-order valence-corrected chi connectivity index (χ3v) is 5.12. The van der Waals surface area contributed by atoms with Gasteiger partial charge in [0, 0.05) is 17.1 Å². The highest BCUT2D eigenvalue weighted by Crippen LogP contribution is 2.22. The quantitative estimate of drug-likeness (QED) is 0.626. The van der Waals surface area contributed by atoms with Crippen molar-refractivity contribution in [3.8, 4) is 0 Å². The molecule has 1 aromatic heterocycles. The molecular weight excluding hydrogens is 372 g/mol. The lowest BCUT2D eigenvalue weighted by Crippen LogP contribution is -2.16. The summed E-state index contributed by atoms with van der Waals surface area (Å²) in [4.78, 5) is 29.0. The first-order valence-electron chi connectivity index (χ1n) is 8.10. The van der Waals surface area contributed by atoms with Crippen molar-refractivity contribution in [3.63, 3.8) is 0 Å². The van der Waals surface area contributed by atoms with E-state index in [-0.39, 0.29) is 5.91 Å². The van der Waals surface area contributed by atoms with E-state index >= 15 is 0 Å². The van der Waals surface area contributed by atoms with Gasteiger partial charge in [-0.2, -0.15) is 4.99 Å². The van der Waals surface area contributed by atoms with Gasteiger partial charge in [0.25, 0.3) is 5.91 Å². The number of carbonyl (C=O) groups is 2. The second-order valence-corrected chi connectivity index (χ2v) is 7.08. The van der Waals surface area contributed by atoms with Crippen LogP contribution in [0.2, 0.25) is 5.02 Å². The molecule has 0 saturated carbocycles. The minimum atomic E-state index is -0.442. The molecule has 26 heavy (non-hydrogen) atoms. The Labute approximate surface area is 159 Å². The fourth-order valence-corrected chi connectivity index (χ4v) is 3.92. The first-order chi connectivity index (χ1) is 12.5. The second kappa shape index (κ2) is 7.85. The molecule has 5 nitrogen and oxygen atoms in total. The van der Waals surface area contributed by atoms with Gasteiger partial charge in [0.15, 0.2) is 4.80 Å². The molecule has 3 rings (SSSR count). The molecule has 0 aliphatic heterocycles. The predicted octanol–water partition coefficient (Wildman–Crippen LogP) is 4.29. The molecule has 1 heterocycles. The Morgan fingerprint density at radius 2 is 1.85 bits per heavy atom. The average Bonchev–Trinajstić information content (AvgIpc) is 2.97. The van der Waals surface area contributed by atoms with Gasteiger partial charge in [0.1, 0.15) is 0 Å². The van der Waals surface area contributed by atoms with Gasteiger partial charge < -0.3 is 9.30 Å². The zero-order chi connectivity index (χ0) is 18.7. The number of hydrogen-bond donors (Lipinski definition) is 0. The molecule has 0 bridgehead atoms. The van der Waals surface area contributed by atoms with Crippen molar-refractivity contribution in [1.29, 1.82) is 0 Å². The zero-order valence-corrected chi connectivity index (χ0v) is 15.9. The molecule has 0 fully saturated rings. The van der Waals surface area contributed by atoms with E-state index in [9.17, 15) is 9.59 Å². The number of carbonyl (C=O) groups excluding carboxylic acids is 2. The first-order valence-corrected chi connectivity index (χ1v) is 9.29. The van der Waals surface area contributed by atoms with Crippen LogP contribution in [0.1, 0.15) is 34.1 Å². The van der Waals surface area contributed by atoms with Crippen LogP contribution in [-0.4, -0.2) is 23.6 Å². The van der Waals surface area contributed by atoms with E-state index in [2.05, 4.69) is 16.7 Å². The Hall–Kier alpha value is -2.44. The van der Waals surface area contributed by atoms with Crippen molar-refractivity contribution >= 4 is 45.0 Å². The summed E-state index contributed by atoms with van der Waals surface area (Å²) in [6.07, 6.45) is 0.920. The van der Waals surface area contributed by atoms with Crippen LogP contribution in [0.25, 0.3) is 10.2 Å². The fourth-order valence-electron chi connectivity index (χ4n) is 2.59. The van der Waals surface area contributed by atoms with Gasteiger partial charge >= 0.3 is 5.97 Å². The van der Waals surface area contributed by atoms with Gasteiger partial charge in [0.05, 0.1) is 22.9 Å². The Bertz CT molecular complexity index is 1040. The molecular formula is C19H17ClN2O3S. The smallest absolute Gasteiger partial charge is 0.337 e. The van der Waals surface area contributed by atoms with Crippen LogP contribution in [0.15, 0.2) is 47.5 Å². The third kappa shape index (κ3) is 3.71. The standard InChI is InChI=1S/C19H17ClN2O3S/c1-3-10-22-15-9-8-14(20)11-16(15)26-19(22)21-17(23)12-4-6-13(7-5-12)18(24)25-2/h4-9,11H,3,10H2,1-2H3. The Kier molecular flexibility index (Phi) is 5.54. The van der Waals surface area contributed by atoms with E-state index in [0.717, 1.165) is 23.2 Å². The lowest BCUT2D eigenvalue weighted by Gasteiger charge is -2.03. The number of aryl methyl sites for hydroxylation is 1. The van der Waals surface area contributed by atoms with Gasteiger partial charge in [-0.1, -0.05) is 29.9 Å². The summed E-state index contributed by atoms with van der Waals surface area (Å²) in [5.41, 5.74) is 1.81. The number of nitrogens with zero attached hydrogens (tertiary/aromatic N) is 2. The molecule has 0 radical (unpaired) electrons. The molecule has 0 spiro atoms. The van der Waals surface area contributed by atoms with Crippen molar-refractivity contribution < 1.29 is 14.3 Å². The summed E-state index contributed by atoms with van der Waals surface area (Å²) >= 11 is 7.50. The minimum Gasteiger partial charge on any atom is -0.465 e. The van der Waals surface area contributed by atoms with E-state index in [4.69, 9.17) is 11.6 Å². The van der Waals surface area contributed by atoms with Gasteiger partial charge in [-0.3, -0.25) is 4.79 Å². The molecule has 134 valence electrons. The summed E-state index contributed by atoms with van der Waals surface area (Å²) in [5, 5.41) is 0.652. The summed E-state index contributed by atoms with van der Waals surface area (Å²) in [6.45, 7) is 2.83. The van der Waals surface area contributed by atoms with Crippen LogP contribution in [0.3, 0.4) is 0 Å². The maximum absolute atomic E-state index is 12.5. The van der Waals surface area contributed by atoms with Gasteiger partial charge in [0.2, 0.25) is 0 Å². The summed E-state index contributed by atoms with van der Waals surface area (Å²) in [7, 11) is 1.32. The average molecular weight is 389 g/mol. The van der Waals surface area contributed by atoms with E-state index in [1.807, 2.05) is 22.8 Å². The van der Waals surface area contributed by atoms with E-state index < -0.39 is 5.97 Å². The Morgan fingerprint density at radius 1 is 1.15 bits per heavy atom. The SMILES string of the molecule is CCCn1c(=NC(=O)c2ccc(C(=O)OC)cc2)sc2cc(Cl)ccc21. The highest BCUT2D eigenvalue weighted by atomic mass is 35.5. The van der Waals surface area contributed by atoms with Crippen LogP contribution >= 0.6 is 22.9 Å². The number of esters is 1. The number of hydrogen-bond acceptors (Lipinski definition) is 4. The van der Waals surface area contributed by atoms with Crippen molar-refractivity contribution in [3.05, 3.63) is 63.4 Å². The maximum atomic E-state index is 12.5. The second-order valence-electron chi connectivity index (χ2n) is 5.63. The van der Waals surface area contributed by atoms with Gasteiger partial charge in [-0.25, -0.2) is 4.79 Å². The highest BCUT2D eigenvalue weighted by Gasteiger charge is 2.11. The normalized spacial score (nSPS) is 11.7. The lowest BCUT2D eigenvalue weighted by atomic mass is 10.1. The van der Waals surface area contributed by atoms with Crippen LogP contribution in [0, 0.1) is 0 Å². The number of methoxy groups -OCH3 is 1. The molecule has 0 atom stereocenters. The highest BCUT2D eigenvalue weighted by molar-refractivity contribution is 7.16. The number of halogens is 1. The third-order valence-electron chi connectivity index (χ3n) is 3.84. The molecule has 0 unspecified atom stereocenters. The molecule has 0 aliphatic carbocycles. The molecule has 3 aromatic rings. The molecule has 1 amide bonds. The Balaban J connectivity index is 2.02. The number of amides is 1. The van der Waals surface area contributed by atoms with E-state index in [1.54, 1.807) is 24.3 Å². The van der Waals surface area contributed by atoms with E-state index in [0.29, 0.717) is 21.0 Å². The van der Waals surface area contributed by atoms with Crippen LogP contribution in [-0.2, 0) is 11.3 Å². The lowest BCUT2D eigenvalue weighted by molar-refractivity contribution is 0.0600. The maximum Gasteiger partial charge on any atom is 0.337 e. The van der Waals surface area contributed by atoms with Crippen LogP contribution < -0.4 is 4.80 Å². The van der Waals surface area contributed by atoms with Gasteiger partial charge in [-0.15, -0.1) is 0 Å². The molecule has 2 aromatic carbocycles. The monoisotopic (exact) mass is 388 g/mol. The van der Waals surface area contributed by atoms with Crippen LogP contribution in [0.5, 0.6) is 0 Å². The number of aromatic nitrogens is 1. The van der Waals surface area contributed by atoms with Crippen molar-refractivity contribution in [2.45, 2.75) is 19.9 Å². The summed E-state index contributed by atoms with van der Waals surface area (Å²) < 4.78 is 7.67. The number of benzene rings is 2. The predicted molar refractivity (Wildman–Crippen MR) is 103 cm³/mol. The largest absolute Gasteiger partial charge is 0.465 e. The molecule has 7 heteroatoms. The zero-order valence-electron chi connectivity index (χ0n) is 14.4. The van der Waals surface area contributed by atoms with E-state index in [1.165, 1.54) is 18.4 Å². The molecule has 0 aliphatic rings. The molecule has 0 saturated heterocycles. The van der Waals surface area contributed by atoms with Crippen LogP contribution in [0.4, 0.5) is 0 Å². The Morgan fingerprint density at radius 3 is 2.50 bits per heavy atom. The van der Waals surface area contributed by atoms with Crippen molar-refractivity contribution in [2.24, 2.45) is 4.99 Å².